The summed E-state index contributed by atoms with van der Waals surface area (Å²) in [6.07, 6.45) is 2.80. The minimum Gasteiger partial charge on any atom is -0.504 e. The first-order valence-electron chi connectivity index (χ1n) is 11.8. The van der Waals surface area contributed by atoms with E-state index in [1.807, 2.05) is 0 Å². The van der Waals surface area contributed by atoms with Gasteiger partial charge in [0.05, 0.1) is 48.2 Å². The van der Waals surface area contributed by atoms with Crippen molar-refractivity contribution in [1.82, 2.24) is 15.8 Å². The summed E-state index contributed by atoms with van der Waals surface area (Å²) < 4.78 is 10.7. The summed E-state index contributed by atoms with van der Waals surface area (Å²) in [6.45, 7) is 7.68. The molecule has 0 fully saturated rings. The smallest absolute Gasteiger partial charge is 0.273 e. The second-order valence-corrected chi connectivity index (χ2v) is 7.97. The number of pyridine rings is 1. The van der Waals surface area contributed by atoms with Crippen LogP contribution in [-0.4, -0.2) is 52.7 Å². The van der Waals surface area contributed by atoms with Crippen LogP contribution in [0, 0.1) is 13.8 Å². The molecule has 2 amide bonds. The Bertz CT molecular complexity index is 1290. The standard InChI is InChI=1S/C27H29N5O6/c1-5-37-24-11-18(7-9-22(24)33)14-28-31-26(35)20-13-21(17(4)30-16(20)3)27(36)32-29-15-19-8-10-23(34)25(12-19)38-6-2/h7-15,33-34H,5-6H2,1-4H3,(H,31,35)(H,32,36)/b28-14+,29-15+. The van der Waals surface area contributed by atoms with Crippen molar-refractivity contribution in [2.24, 2.45) is 10.2 Å². The van der Waals surface area contributed by atoms with Gasteiger partial charge in [-0.1, -0.05) is 0 Å². The van der Waals surface area contributed by atoms with E-state index in [0.29, 0.717) is 47.2 Å². The minimum absolute atomic E-state index is 0.00264. The Balaban J connectivity index is 1.70. The van der Waals surface area contributed by atoms with Crippen molar-refractivity contribution < 1.29 is 29.3 Å². The van der Waals surface area contributed by atoms with Crippen LogP contribution >= 0.6 is 0 Å². The van der Waals surface area contributed by atoms with E-state index in [0.717, 1.165) is 0 Å². The molecule has 2 aromatic carbocycles. The summed E-state index contributed by atoms with van der Waals surface area (Å²) in [7, 11) is 0. The molecule has 11 nitrogen and oxygen atoms in total. The number of hydrogen-bond acceptors (Lipinski definition) is 9. The van der Waals surface area contributed by atoms with E-state index in [1.54, 1.807) is 52.0 Å². The van der Waals surface area contributed by atoms with Crippen molar-refractivity contribution in [3.63, 3.8) is 0 Å². The van der Waals surface area contributed by atoms with Gasteiger partial charge in [-0.25, -0.2) is 10.9 Å². The van der Waals surface area contributed by atoms with Gasteiger partial charge in [0, 0.05) is 0 Å². The second-order valence-electron chi connectivity index (χ2n) is 7.97. The van der Waals surface area contributed by atoms with Gasteiger partial charge in [-0.3, -0.25) is 14.6 Å². The highest BCUT2D eigenvalue weighted by atomic mass is 16.5. The Morgan fingerprint density at radius 1 is 0.789 bits per heavy atom. The normalized spacial score (nSPS) is 11.1. The number of ether oxygens (including phenoxy) is 2. The largest absolute Gasteiger partial charge is 0.504 e. The van der Waals surface area contributed by atoms with Gasteiger partial charge in [0.1, 0.15) is 0 Å². The number of carbonyl (C=O) groups is 2. The third-order valence-corrected chi connectivity index (χ3v) is 5.22. The predicted molar refractivity (Wildman–Crippen MR) is 142 cm³/mol. The number of carbonyl (C=O) groups excluding carboxylic acids is 2. The molecule has 198 valence electrons. The van der Waals surface area contributed by atoms with Crippen LogP contribution in [0.15, 0.2) is 52.7 Å². The molecular weight excluding hydrogens is 490 g/mol. The van der Waals surface area contributed by atoms with Gasteiger partial charge in [0.25, 0.3) is 11.8 Å². The van der Waals surface area contributed by atoms with Gasteiger partial charge in [-0.2, -0.15) is 10.2 Å². The van der Waals surface area contributed by atoms with E-state index in [9.17, 15) is 19.8 Å². The number of hydrazone groups is 2. The number of phenolic OH excluding ortho intramolecular Hbond substituents is 2. The molecular formula is C27H29N5O6. The summed E-state index contributed by atoms with van der Waals surface area (Å²) in [6, 6.07) is 10.8. The number of rotatable bonds is 10. The highest BCUT2D eigenvalue weighted by molar-refractivity contribution is 6.01. The van der Waals surface area contributed by atoms with Crippen LogP contribution in [0.3, 0.4) is 0 Å². The Morgan fingerprint density at radius 3 is 1.61 bits per heavy atom. The first-order chi connectivity index (χ1) is 18.2. The lowest BCUT2D eigenvalue weighted by Crippen LogP contribution is -2.23. The van der Waals surface area contributed by atoms with Gasteiger partial charge < -0.3 is 19.7 Å². The highest BCUT2D eigenvalue weighted by Gasteiger charge is 2.17. The zero-order chi connectivity index (χ0) is 27.7. The molecule has 3 aromatic rings. The summed E-state index contributed by atoms with van der Waals surface area (Å²) in [5.74, 6) is -0.495. The van der Waals surface area contributed by atoms with Gasteiger partial charge in [0.15, 0.2) is 23.0 Å². The molecule has 0 aliphatic carbocycles. The number of nitrogens with zero attached hydrogens (tertiary/aromatic N) is 3. The van der Waals surface area contributed by atoms with Crippen molar-refractivity contribution in [2.75, 3.05) is 13.2 Å². The van der Waals surface area contributed by atoms with E-state index in [-0.39, 0.29) is 22.6 Å². The molecule has 0 aliphatic heterocycles. The average molecular weight is 520 g/mol. The summed E-state index contributed by atoms with van der Waals surface area (Å²) in [5.41, 5.74) is 7.22. The maximum atomic E-state index is 12.8. The number of phenols is 2. The monoisotopic (exact) mass is 519 g/mol. The van der Waals surface area contributed by atoms with E-state index in [2.05, 4.69) is 26.0 Å². The van der Waals surface area contributed by atoms with Crippen LogP contribution in [0.5, 0.6) is 23.0 Å². The quantitative estimate of drug-likeness (QED) is 0.236. The molecule has 0 radical (unpaired) electrons. The zero-order valence-electron chi connectivity index (χ0n) is 21.5. The molecule has 0 aliphatic rings. The molecule has 38 heavy (non-hydrogen) atoms. The minimum atomic E-state index is -0.555. The van der Waals surface area contributed by atoms with Crippen LogP contribution < -0.4 is 20.3 Å². The SMILES string of the molecule is CCOc1cc(/C=N/NC(=O)c2cc(C(=O)N/N=C/c3ccc(O)c(OCC)c3)c(C)nc2C)ccc1O. The number of aryl methyl sites for hydroxylation is 2. The molecule has 1 aromatic heterocycles. The Kier molecular flexibility index (Phi) is 9.36. The molecule has 0 atom stereocenters. The molecule has 4 N–H and O–H groups in total. The zero-order valence-corrected chi connectivity index (χ0v) is 21.5. The molecule has 0 unspecified atom stereocenters. The van der Waals surface area contributed by atoms with Crippen LogP contribution in [0.25, 0.3) is 0 Å². The fourth-order valence-corrected chi connectivity index (χ4v) is 3.40. The van der Waals surface area contributed by atoms with Gasteiger partial charge >= 0.3 is 0 Å². The number of aromatic hydroxyl groups is 2. The fraction of sp³-hybridized carbons (Fsp3) is 0.222. The summed E-state index contributed by atoms with van der Waals surface area (Å²) in [5, 5.41) is 27.5. The Morgan fingerprint density at radius 2 is 1.21 bits per heavy atom. The van der Waals surface area contributed by atoms with Crippen LogP contribution in [0.1, 0.15) is 57.1 Å². The van der Waals surface area contributed by atoms with Crippen LogP contribution in [0.4, 0.5) is 0 Å². The topological polar surface area (TPSA) is 155 Å². The maximum Gasteiger partial charge on any atom is 0.273 e. The molecule has 1 heterocycles. The van der Waals surface area contributed by atoms with E-state index >= 15 is 0 Å². The van der Waals surface area contributed by atoms with Gasteiger partial charge in [0.2, 0.25) is 0 Å². The molecule has 0 spiro atoms. The van der Waals surface area contributed by atoms with Crippen LogP contribution in [0.2, 0.25) is 0 Å². The second kappa shape index (κ2) is 12.9. The Hall–Kier alpha value is -4.93. The Labute approximate surface area is 219 Å². The van der Waals surface area contributed by atoms with E-state index in [1.165, 1.54) is 30.6 Å². The average Bonchev–Trinajstić information content (AvgIpc) is 2.88. The number of benzene rings is 2. The molecule has 3 rings (SSSR count). The van der Waals surface area contributed by atoms with E-state index < -0.39 is 11.8 Å². The number of nitrogens with one attached hydrogen (secondary N) is 2. The van der Waals surface area contributed by atoms with Crippen LogP contribution in [-0.2, 0) is 0 Å². The third-order valence-electron chi connectivity index (χ3n) is 5.22. The number of amides is 2. The fourth-order valence-electron chi connectivity index (χ4n) is 3.40. The molecule has 0 saturated carbocycles. The lowest BCUT2D eigenvalue weighted by atomic mass is 10.1. The van der Waals surface area contributed by atoms with Crippen molar-refractivity contribution >= 4 is 24.2 Å². The summed E-state index contributed by atoms with van der Waals surface area (Å²) in [4.78, 5) is 29.8. The van der Waals surface area contributed by atoms with Gasteiger partial charge in [-0.15, -0.1) is 0 Å². The lowest BCUT2D eigenvalue weighted by molar-refractivity contribution is 0.0954. The molecule has 11 heteroatoms. The predicted octanol–water partition coefficient (Wildman–Crippen LogP) is 3.43. The number of aromatic nitrogens is 1. The van der Waals surface area contributed by atoms with Crippen molar-refractivity contribution in [3.8, 4) is 23.0 Å². The third kappa shape index (κ3) is 7.06. The first-order valence-corrected chi connectivity index (χ1v) is 11.8. The van der Waals surface area contributed by atoms with Crippen molar-refractivity contribution in [3.05, 3.63) is 76.1 Å². The summed E-state index contributed by atoms with van der Waals surface area (Å²) >= 11 is 0. The van der Waals surface area contributed by atoms with Gasteiger partial charge in [-0.05, 0) is 81.3 Å². The van der Waals surface area contributed by atoms with Crippen molar-refractivity contribution in [2.45, 2.75) is 27.7 Å². The highest BCUT2D eigenvalue weighted by Crippen LogP contribution is 2.27. The molecule has 0 saturated heterocycles. The first kappa shape index (κ1) is 27.7. The van der Waals surface area contributed by atoms with E-state index in [4.69, 9.17) is 9.47 Å². The van der Waals surface area contributed by atoms with Crippen molar-refractivity contribution in [1.29, 1.82) is 0 Å². The molecule has 0 bridgehead atoms. The lowest BCUT2D eigenvalue weighted by Gasteiger charge is -2.10. The maximum absolute atomic E-state index is 12.8. The number of hydrogen-bond donors (Lipinski definition) is 4.